The monoisotopic (exact) mass is 418 g/mol. The Labute approximate surface area is 176 Å². The van der Waals surface area contributed by atoms with Gasteiger partial charge < -0.3 is 9.80 Å². The minimum Gasteiger partial charge on any atom is -0.329 e. The molecule has 1 saturated heterocycles. The van der Waals surface area contributed by atoms with Crippen LogP contribution in [0.25, 0.3) is 0 Å². The van der Waals surface area contributed by atoms with E-state index in [0.717, 1.165) is 11.1 Å². The van der Waals surface area contributed by atoms with Crippen molar-refractivity contribution in [1.29, 1.82) is 0 Å². The van der Waals surface area contributed by atoms with Crippen molar-refractivity contribution in [3.05, 3.63) is 69.7 Å². The van der Waals surface area contributed by atoms with Crippen molar-refractivity contribution in [2.75, 3.05) is 6.54 Å². The number of nitrogens with zero attached hydrogens (tertiary/aromatic N) is 2. The molecule has 1 aliphatic rings. The van der Waals surface area contributed by atoms with Crippen molar-refractivity contribution in [1.82, 2.24) is 9.80 Å². The van der Waals surface area contributed by atoms with Crippen LogP contribution in [0.3, 0.4) is 0 Å². The number of piperazine rings is 1. The minimum atomic E-state index is -0.326. The van der Waals surface area contributed by atoms with Crippen molar-refractivity contribution in [2.24, 2.45) is 0 Å². The quantitative estimate of drug-likeness (QED) is 0.678. The molecule has 0 unspecified atom stereocenters. The molecule has 0 bridgehead atoms. The van der Waals surface area contributed by atoms with Gasteiger partial charge in [0.15, 0.2) is 0 Å². The normalized spacial score (nSPS) is 20.0. The summed E-state index contributed by atoms with van der Waals surface area (Å²) in [4.78, 5) is 29.4. The lowest BCUT2D eigenvalue weighted by atomic mass is 9.87. The first-order valence-electron chi connectivity index (χ1n) is 9.45. The van der Waals surface area contributed by atoms with Crippen molar-refractivity contribution < 1.29 is 9.59 Å². The fourth-order valence-corrected chi connectivity index (χ4v) is 4.24. The summed E-state index contributed by atoms with van der Waals surface area (Å²) in [5.41, 5.74) is 1.84. The van der Waals surface area contributed by atoms with Gasteiger partial charge in [0, 0.05) is 22.5 Å². The second-order valence-corrected chi connectivity index (χ2v) is 8.14. The Morgan fingerprint density at radius 1 is 1.04 bits per heavy atom. The Bertz CT molecular complexity index is 867. The third-order valence-corrected chi connectivity index (χ3v) is 5.60. The van der Waals surface area contributed by atoms with Gasteiger partial charge in [0.2, 0.25) is 11.8 Å². The van der Waals surface area contributed by atoms with Crippen LogP contribution in [0.4, 0.5) is 0 Å². The number of hydrogen-bond donors (Lipinski definition) is 0. The number of carbonyl (C=O) groups excluding carboxylic acids is 2. The molecule has 0 saturated carbocycles. The number of hydrogen-bond acceptors (Lipinski definition) is 2. The van der Waals surface area contributed by atoms with Crippen molar-refractivity contribution in [3.63, 3.8) is 0 Å². The molecule has 3 rings (SSSR count). The lowest BCUT2D eigenvalue weighted by Gasteiger charge is -2.49. The molecule has 1 aliphatic heterocycles. The Hall–Kier alpha value is -2.04. The summed E-state index contributed by atoms with van der Waals surface area (Å²) in [6, 6.07) is 14.3. The summed E-state index contributed by atoms with van der Waals surface area (Å²) in [5, 5.41) is 1.23. The molecule has 0 aliphatic carbocycles. The van der Waals surface area contributed by atoms with Crippen LogP contribution in [0.5, 0.6) is 0 Å². The molecule has 2 atom stereocenters. The maximum Gasteiger partial charge on any atom is 0.243 e. The third kappa shape index (κ3) is 4.03. The number of rotatable bonds is 4. The molecule has 0 radical (unpaired) electrons. The van der Waals surface area contributed by atoms with E-state index in [1.807, 2.05) is 74.2 Å². The van der Waals surface area contributed by atoms with Crippen LogP contribution in [0.1, 0.15) is 50.4 Å². The molecule has 2 amide bonds. The smallest absolute Gasteiger partial charge is 0.243 e. The topological polar surface area (TPSA) is 40.6 Å². The Morgan fingerprint density at radius 2 is 1.71 bits per heavy atom. The summed E-state index contributed by atoms with van der Waals surface area (Å²) in [6.45, 7) is 5.86. The first kappa shape index (κ1) is 20.7. The molecular weight excluding hydrogens is 395 g/mol. The van der Waals surface area contributed by atoms with Gasteiger partial charge in [-0.25, -0.2) is 0 Å². The maximum absolute atomic E-state index is 13.0. The van der Waals surface area contributed by atoms with E-state index in [2.05, 4.69) is 0 Å². The Balaban J connectivity index is 2.21. The highest BCUT2D eigenvalue weighted by molar-refractivity contribution is 6.30. The van der Waals surface area contributed by atoms with Crippen LogP contribution in [0, 0.1) is 0 Å². The summed E-state index contributed by atoms with van der Waals surface area (Å²) in [6.07, 6.45) is 0.333. The Morgan fingerprint density at radius 3 is 2.29 bits per heavy atom. The van der Waals surface area contributed by atoms with Crippen LogP contribution >= 0.6 is 23.2 Å². The molecular formula is C22H24Cl2N2O2. The van der Waals surface area contributed by atoms with E-state index in [-0.39, 0.29) is 36.5 Å². The highest BCUT2D eigenvalue weighted by Crippen LogP contribution is 2.43. The van der Waals surface area contributed by atoms with Gasteiger partial charge >= 0.3 is 0 Å². The largest absolute Gasteiger partial charge is 0.329 e. The fraction of sp³-hybridized carbons (Fsp3) is 0.364. The second-order valence-electron chi connectivity index (χ2n) is 7.27. The molecule has 1 heterocycles. The minimum absolute atomic E-state index is 0.0197. The van der Waals surface area contributed by atoms with Gasteiger partial charge in [0.1, 0.15) is 6.54 Å². The standard InChI is InChI=1S/C22H24Cl2N2O2/c1-4-19(27)25-13-20(28)26(14(2)3)22(15-8-10-17(23)11-9-15)21(25)16-6-5-7-18(24)12-16/h5-12,14,21-22H,4,13H2,1-3H3/t21-,22+/m0/s1. The van der Waals surface area contributed by atoms with Crippen LogP contribution in [-0.2, 0) is 9.59 Å². The van der Waals surface area contributed by atoms with Crippen molar-refractivity contribution in [3.8, 4) is 0 Å². The van der Waals surface area contributed by atoms with E-state index in [1.54, 1.807) is 4.90 Å². The molecule has 2 aromatic rings. The van der Waals surface area contributed by atoms with Gasteiger partial charge in [-0.15, -0.1) is 0 Å². The van der Waals surface area contributed by atoms with Crippen LogP contribution in [0.2, 0.25) is 10.0 Å². The van der Waals surface area contributed by atoms with Gasteiger partial charge in [-0.2, -0.15) is 0 Å². The highest BCUT2D eigenvalue weighted by atomic mass is 35.5. The van der Waals surface area contributed by atoms with E-state index in [0.29, 0.717) is 16.5 Å². The maximum atomic E-state index is 13.0. The van der Waals surface area contributed by atoms with Gasteiger partial charge in [-0.3, -0.25) is 9.59 Å². The van der Waals surface area contributed by atoms with Crippen LogP contribution < -0.4 is 0 Å². The zero-order valence-electron chi connectivity index (χ0n) is 16.2. The predicted octanol–water partition coefficient (Wildman–Crippen LogP) is 5.27. The van der Waals surface area contributed by atoms with Gasteiger partial charge in [0.05, 0.1) is 12.1 Å². The summed E-state index contributed by atoms with van der Waals surface area (Å²) < 4.78 is 0. The number of amides is 2. The van der Waals surface area contributed by atoms with Crippen molar-refractivity contribution in [2.45, 2.75) is 45.3 Å². The van der Waals surface area contributed by atoms with Crippen molar-refractivity contribution >= 4 is 35.0 Å². The highest BCUT2D eigenvalue weighted by Gasteiger charge is 2.44. The molecule has 2 aromatic carbocycles. The van der Waals surface area contributed by atoms with E-state index in [4.69, 9.17) is 23.2 Å². The molecule has 0 aromatic heterocycles. The molecule has 0 spiro atoms. The first-order chi connectivity index (χ1) is 13.3. The van der Waals surface area contributed by atoms with Crippen LogP contribution in [0.15, 0.2) is 48.5 Å². The van der Waals surface area contributed by atoms with E-state index in [1.165, 1.54) is 0 Å². The lowest BCUT2D eigenvalue weighted by Crippen LogP contribution is -2.57. The molecule has 148 valence electrons. The number of benzene rings is 2. The Kier molecular flexibility index (Phi) is 6.31. The lowest BCUT2D eigenvalue weighted by molar-refractivity contribution is -0.156. The first-order valence-corrected chi connectivity index (χ1v) is 10.2. The zero-order chi connectivity index (χ0) is 20.4. The number of carbonyl (C=O) groups is 2. The molecule has 0 N–H and O–H groups in total. The summed E-state index contributed by atoms with van der Waals surface area (Å²) >= 11 is 12.4. The van der Waals surface area contributed by atoms with Crippen LogP contribution in [-0.4, -0.2) is 34.2 Å². The summed E-state index contributed by atoms with van der Waals surface area (Å²) in [7, 11) is 0. The van der Waals surface area contributed by atoms with E-state index >= 15 is 0 Å². The zero-order valence-corrected chi connectivity index (χ0v) is 17.7. The molecule has 4 nitrogen and oxygen atoms in total. The average Bonchev–Trinajstić information content (AvgIpc) is 2.66. The SMILES string of the molecule is CCC(=O)N1CC(=O)N(C(C)C)[C@H](c2ccc(Cl)cc2)[C@@H]1c1cccc(Cl)c1. The fourth-order valence-electron chi connectivity index (χ4n) is 3.91. The van der Waals surface area contributed by atoms with Gasteiger partial charge in [-0.1, -0.05) is 54.4 Å². The van der Waals surface area contributed by atoms with E-state index < -0.39 is 0 Å². The van der Waals surface area contributed by atoms with Gasteiger partial charge in [0.25, 0.3) is 0 Å². The molecule has 28 heavy (non-hydrogen) atoms. The number of halogens is 2. The second kappa shape index (κ2) is 8.54. The summed E-state index contributed by atoms with van der Waals surface area (Å²) in [5.74, 6) is -0.115. The average molecular weight is 419 g/mol. The predicted molar refractivity (Wildman–Crippen MR) is 112 cm³/mol. The van der Waals surface area contributed by atoms with Gasteiger partial charge in [-0.05, 0) is 49.2 Å². The molecule has 6 heteroatoms. The molecule has 1 fully saturated rings. The third-order valence-electron chi connectivity index (χ3n) is 5.11. The van der Waals surface area contributed by atoms with E-state index in [9.17, 15) is 9.59 Å².